The van der Waals surface area contributed by atoms with Gasteiger partial charge in [0.25, 0.3) is 5.91 Å². The number of esters is 1. The Bertz CT molecular complexity index is 1010. The third kappa shape index (κ3) is 5.39. The number of hydrogen-bond acceptors (Lipinski definition) is 4. The van der Waals surface area contributed by atoms with Crippen molar-refractivity contribution < 1.29 is 19.1 Å². The molecule has 0 aliphatic heterocycles. The van der Waals surface area contributed by atoms with Crippen molar-refractivity contribution in [3.63, 3.8) is 0 Å². The van der Waals surface area contributed by atoms with E-state index in [1.165, 1.54) is 6.07 Å². The van der Waals surface area contributed by atoms with Crippen molar-refractivity contribution >= 4 is 17.7 Å². The van der Waals surface area contributed by atoms with E-state index in [-0.39, 0.29) is 16.9 Å². The first-order chi connectivity index (χ1) is 14.0. The molecule has 0 saturated carbocycles. The molecule has 0 bridgehead atoms. The van der Waals surface area contributed by atoms with Crippen LogP contribution in [0.2, 0.25) is 0 Å². The largest absolute Gasteiger partial charge is 0.452 e. The number of nitrogens with one attached hydrogen (secondary N) is 1. The Morgan fingerprint density at radius 2 is 1.41 bits per heavy atom. The third-order valence-corrected chi connectivity index (χ3v) is 4.37. The van der Waals surface area contributed by atoms with Crippen molar-refractivity contribution in [3.8, 4) is 0 Å². The molecule has 0 radical (unpaired) electrons. The first-order valence-electron chi connectivity index (χ1n) is 9.23. The molecule has 0 saturated heterocycles. The number of carbonyl (C=O) groups is 3. The molecule has 0 heterocycles. The third-order valence-electron chi connectivity index (χ3n) is 4.37. The number of ketones is 1. The van der Waals surface area contributed by atoms with Crippen molar-refractivity contribution in [1.82, 2.24) is 5.32 Å². The molecule has 0 fully saturated rings. The molecule has 0 aliphatic carbocycles. The number of hydrogen-bond donors (Lipinski definition) is 1. The Labute approximate surface area is 169 Å². The van der Waals surface area contributed by atoms with Crippen molar-refractivity contribution in [1.29, 1.82) is 0 Å². The maximum atomic E-state index is 12.8. The van der Waals surface area contributed by atoms with Gasteiger partial charge in [-0.15, -0.1) is 0 Å². The van der Waals surface area contributed by atoms with Crippen LogP contribution in [0.25, 0.3) is 0 Å². The number of ether oxygens (including phenoxy) is 1. The summed E-state index contributed by atoms with van der Waals surface area (Å²) in [6, 6.07) is 23.0. The smallest absolute Gasteiger partial charge is 0.339 e. The molecule has 3 aromatic rings. The molecule has 5 heteroatoms. The minimum absolute atomic E-state index is 0.133. The van der Waals surface area contributed by atoms with Crippen molar-refractivity contribution in [2.24, 2.45) is 0 Å². The average Bonchev–Trinajstić information content (AvgIpc) is 2.76. The van der Waals surface area contributed by atoms with Gasteiger partial charge in [0.2, 0.25) is 0 Å². The lowest BCUT2D eigenvalue weighted by molar-refractivity contribution is -0.124. The summed E-state index contributed by atoms with van der Waals surface area (Å²) in [6.45, 7) is 1.86. The zero-order valence-electron chi connectivity index (χ0n) is 16.1. The van der Waals surface area contributed by atoms with Gasteiger partial charge in [0.05, 0.1) is 5.56 Å². The maximum absolute atomic E-state index is 12.8. The zero-order valence-corrected chi connectivity index (χ0v) is 16.1. The molecular weight excluding hydrogens is 366 g/mol. The van der Waals surface area contributed by atoms with Crippen LogP contribution in [-0.2, 0) is 16.1 Å². The Kier molecular flexibility index (Phi) is 6.53. The van der Waals surface area contributed by atoms with Crippen molar-refractivity contribution in [2.75, 3.05) is 6.61 Å². The summed E-state index contributed by atoms with van der Waals surface area (Å²) < 4.78 is 5.12. The van der Waals surface area contributed by atoms with Crippen LogP contribution in [0.5, 0.6) is 0 Å². The van der Waals surface area contributed by atoms with Crippen LogP contribution in [0, 0.1) is 6.92 Å². The van der Waals surface area contributed by atoms with E-state index in [1.54, 1.807) is 30.3 Å². The minimum Gasteiger partial charge on any atom is -0.452 e. The number of rotatable bonds is 7. The van der Waals surface area contributed by atoms with Crippen LogP contribution in [0.4, 0.5) is 0 Å². The highest BCUT2D eigenvalue weighted by Gasteiger charge is 2.19. The molecule has 0 aromatic heterocycles. The van der Waals surface area contributed by atoms with Gasteiger partial charge in [-0.2, -0.15) is 0 Å². The molecule has 0 spiro atoms. The van der Waals surface area contributed by atoms with E-state index < -0.39 is 18.5 Å². The topological polar surface area (TPSA) is 72.5 Å². The number of benzene rings is 3. The van der Waals surface area contributed by atoms with Crippen LogP contribution in [0.3, 0.4) is 0 Å². The van der Waals surface area contributed by atoms with Gasteiger partial charge >= 0.3 is 5.97 Å². The van der Waals surface area contributed by atoms with Gasteiger partial charge in [-0.3, -0.25) is 9.59 Å². The summed E-state index contributed by atoms with van der Waals surface area (Å²) in [6.07, 6.45) is 0. The van der Waals surface area contributed by atoms with Crippen LogP contribution in [-0.4, -0.2) is 24.3 Å². The normalized spacial score (nSPS) is 10.2. The van der Waals surface area contributed by atoms with E-state index in [4.69, 9.17) is 4.74 Å². The van der Waals surface area contributed by atoms with Gasteiger partial charge in [0, 0.05) is 17.7 Å². The summed E-state index contributed by atoms with van der Waals surface area (Å²) in [4.78, 5) is 37.2. The van der Waals surface area contributed by atoms with Crippen LogP contribution in [0.15, 0.2) is 78.9 Å². The standard InChI is InChI=1S/C24H21NO4/c1-17-11-13-19(14-12-17)23(27)20-9-5-6-10-21(20)24(28)29-16-22(26)25-15-18-7-3-2-4-8-18/h2-14H,15-16H2,1H3,(H,25,26). The molecule has 0 aliphatic rings. The molecular formula is C24H21NO4. The SMILES string of the molecule is Cc1ccc(C(=O)c2ccccc2C(=O)OCC(=O)NCc2ccccc2)cc1. The summed E-state index contributed by atoms with van der Waals surface area (Å²) >= 11 is 0. The summed E-state index contributed by atoms with van der Waals surface area (Å²) in [5.41, 5.74) is 2.84. The second-order valence-electron chi connectivity index (χ2n) is 6.58. The molecule has 3 aromatic carbocycles. The maximum Gasteiger partial charge on any atom is 0.339 e. The lowest BCUT2D eigenvalue weighted by atomic mass is 9.98. The fourth-order valence-corrected chi connectivity index (χ4v) is 2.78. The number of carbonyl (C=O) groups excluding carboxylic acids is 3. The monoisotopic (exact) mass is 387 g/mol. The van der Waals surface area contributed by atoms with E-state index in [0.29, 0.717) is 12.1 Å². The summed E-state index contributed by atoms with van der Waals surface area (Å²) in [5, 5.41) is 2.69. The van der Waals surface area contributed by atoms with Gasteiger partial charge in [-0.25, -0.2) is 4.79 Å². The van der Waals surface area contributed by atoms with Gasteiger partial charge in [0.1, 0.15) is 0 Å². The molecule has 0 atom stereocenters. The Balaban J connectivity index is 1.63. The highest BCUT2D eigenvalue weighted by molar-refractivity contribution is 6.14. The van der Waals surface area contributed by atoms with E-state index >= 15 is 0 Å². The lowest BCUT2D eigenvalue weighted by Gasteiger charge is -2.10. The molecule has 1 N–H and O–H groups in total. The lowest BCUT2D eigenvalue weighted by Crippen LogP contribution is -2.28. The molecule has 1 amide bonds. The van der Waals surface area contributed by atoms with Gasteiger partial charge in [-0.05, 0) is 18.6 Å². The quantitative estimate of drug-likeness (QED) is 0.496. The summed E-state index contributed by atoms with van der Waals surface area (Å²) in [7, 11) is 0. The highest BCUT2D eigenvalue weighted by Crippen LogP contribution is 2.16. The molecule has 146 valence electrons. The first-order valence-corrected chi connectivity index (χ1v) is 9.23. The number of amides is 1. The molecule has 5 nitrogen and oxygen atoms in total. The van der Waals surface area contributed by atoms with Crippen LogP contribution < -0.4 is 5.32 Å². The van der Waals surface area contributed by atoms with Gasteiger partial charge < -0.3 is 10.1 Å². The van der Waals surface area contributed by atoms with Crippen molar-refractivity contribution in [3.05, 3.63) is 107 Å². The Hall–Kier alpha value is -3.73. The zero-order chi connectivity index (χ0) is 20.6. The second-order valence-corrected chi connectivity index (χ2v) is 6.58. The van der Waals surface area contributed by atoms with Crippen LogP contribution >= 0.6 is 0 Å². The minimum atomic E-state index is -0.712. The predicted octanol–water partition coefficient (Wildman–Crippen LogP) is 3.70. The number of aryl methyl sites for hydroxylation is 1. The van der Waals surface area contributed by atoms with Crippen LogP contribution in [0.1, 0.15) is 37.4 Å². The van der Waals surface area contributed by atoms with E-state index in [1.807, 2.05) is 49.4 Å². The molecule has 29 heavy (non-hydrogen) atoms. The van der Waals surface area contributed by atoms with Gasteiger partial charge in [-0.1, -0.05) is 78.4 Å². The Morgan fingerprint density at radius 1 is 0.793 bits per heavy atom. The average molecular weight is 387 g/mol. The van der Waals surface area contributed by atoms with E-state index in [9.17, 15) is 14.4 Å². The molecule has 0 unspecified atom stereocenters. The fraction of sp³-hybridized carbons (Fsp3) is 0.125. The second kappa shape index (κ2) is 9.46. The van der Waals surface area contributed by atoms with E-state index in [0.717, 1.165) is 11.1 Å². The van der Waals surface area contributed by atoms with Gasteiger partial charge in [0.15, 0.2) is 12.4 Å². The predicted molar refractivity (Wildman–Crippen MR) is 110 cm³/mol. The van der Waals surface area contributed by atoms with Crippen molar-refractivity contribution in [2.45, 2.75) is 13.5 Å². The fourth-order valence-electron chi connectivity index (χ4n) is 2.78. The Morgan fingerprint density at radius 3 is 2.10 bits per heavy atom. The highest BCUT2D eigenvalue weighted by atomic mass is 16.5. The molecule has 3 rings (SSSR count). The van der Waals surface area contributed by atoms with E-state index in [2.05, 4.69) is 5.32 Å². The summed E-state index contributed by atoms with van der Waals surface area (Å²) in [5.74, 6) is -1.40. The first kappa shape index (κ1) is 20.0.